The van der Waals surface area contributed by atoms with E-state index in [4.69, 9.17) is 12.8 Å². The minimum Gasteiger partial charge on any atom is -0.479 e. The van der Waals surface area contributed by atoms with E-state index < -0.39 is 0 Å². The molecule has 0 spiro atoms. The maximum atomic E-state index is 4.75. The van der Waals surface area contributed by atoms with Crippen molar-refractivity contribution in [3.8, 4) is 0 Å². The normalized spacial score (nSPS) is 28.1. The largest absolute Gasteiger partial charge is 0.479 e. The molecule has 1 atom stereocenters. The van der Waals surface area contributed by atoms with E-state index in [0.29, 0.717) is 0 Å². The van der Waals surface area contributed by atoms with Gasteiger partial charge in [-0.05, 0) is 0 Å². The number of nitrogens with one attached hydrogen (secondary N) is 1. The van der Waals surface area contributed by atoms with Crippen LogP contribution in [0.25, 0.3) is 0 Å². The average molecular weight is 132 g/mol. The van der Waals surface area contributed by atoms with Crippen LogP contribution < -0.4 is 4.31 Å². The Balaban J connectivity index is 2.69. The third kappa shape index (κ3) is 1.15. The maximum absolute atomic E-state index is 4.75. The summed E-state index contributed by atoms with van der Waals surface area (Å²) in [5.41, 5.74) is 0. The van der Waals surface area contributed by atoms with Crippen LogP contribution in [-0.4, -0.2) is 10.3 Å². The fraction of sp³-hybridized carbons (Fsp3) is 0. The fourth-order valence-electron chi connectivity index (χ4n) is 0.358. The molecule has 1 rings (SSSR count). The third-order valence-electron chi connectivity index (χ3n) is 0.640. The van der Waals surface area contributed by atoms with Gasteiger partial charge in [-0.2, -0.15) is 0 Å². The summed E-state index contributed by atoms with van der Waals surface area (Å²) in [7, 11) is 0. The predicted molar refractivity (Wildman–Crippen MR) is 31.2 cm³/mol. The molecular weight excluding hydrogens is 128 g/mol. The molecule has 1 unspecified atom stereocenters. The van der Waals surface area contributed by atoms with Gasteiger partial charge in [-0.15, -0.1) is 0 Å². The van der Waals surface area contributed by atoms with E-state index in [2.05, 4.69) is 12.8 Å². The summed E-state index contributed by atoms with van der Waals surface area (Å²) in [4.78, 5) is 0. The first-order valence-corrected chi connectivity index (χ1v) is 2.59. The first kappa shape index (κ1) is 5.08. The minimum absolute atomic E-state index is 0.801. The number of hydrogen-bond acceptors (Lipinski definition) is 2. The van der Waals surface area contributed by atoms with Gasteiger partial charge in [0.1, 0.15) is 6.20 Å². The van der Waals surface area contributed by atoms with Crippen LogP contribution in [0.15, 0.2) is 12.4 Å². The Morgan fingerprint density at radius 3 is 2.43 bits per heavy atom. The van der Waals surface area contributed by atoms with Crippen LogP contribution in [0.2, 0.25) is 0 Å². The molecule has 1 aliphatic rings. The van der Waals surface area contributed by atoms with Gasteiger partial charge in [-0.3, -0.25) is 3.98 Å². The highest BCUT2D eigenvalue weighted by atomic mass is 32.1. The summed E-state index contributed by atoms with van der Waals surface area (Å²) < 4.78 is 2.32. The van der Waals surface area contributed by atoms with Gasteiger partial charge in [0.05, 0.1) is 0 Å². The Morgan fingerprint density at radius 1 is 1.57 bits per heavy atom. The molecule has 0 aromatic carbocycles. The van der Waals surface area contributed by atoms with Crippen LogP contribution in [0.1, 0.15) is 0 Å². The van der Waals surface area contributed by atoms with Crippen molar-refractivity contribution >= 4 is 32.0 Å². The van der Waals surface area contributed by atoms with Gasteiger partial charge in [0.2, 0.25) is 6.20 Å². The molecule has 0 aromatic rings. The van der Waals surface area contributed by atoms with Crippen LogP contribution in [-0.2, 0) is 25.6 Å². The van der Waals surface area contributed by atoms with Crippen molar-refractivity contribution in [1.82, 2.24) is 0 Å². The van der Waals surface area contributed by atoms with Crippen molar-refractivity contribution < 1.29 is 8.29 Å². The van der Waals surface area contributed by atoms with Gasteiger partial charge < -0.3 is 29.9 Å². The SMILES string of the molecule is [S-][N+]1=C[NH+]([S-])C=C1. The maximum Gasteiger partial charge on any atom is 0.302 e. The first-order chi connectivity index (χ1) is 3.29. The second-order valence-corrected chi connectivity index (χ2v) is 2.10. The topological polar surface area (TPSA) is 7.45 Å². The molecular formula is C3H4N2S2. The number of nitrogens with zero attached hydrogens (tertiary/aromatic N) is 1. The van der Waals surface area contributed by atoms with E-state index in [1.165, 1.54) is 3.98 Å². The molecule has 1 heterocycles. The predicted octanol–water partition coefficient (Wildman–Crippen LogP) is -1.68. The molecule has 7 heavy (non-hydrogen) atoms. The van der Waals surface area contributed by atoms with Crippen LogP contribution in [0.5, 0.6) is 0 Å². The molecule has 0 aromatic heterocycles. The zero-order valence-corrected chi connectivity index (χ0v) is 5.13. The monoisotopic (exact) mass is 132 g/mol. The molecule has 0 amide bonds. The van der Waals surface area contributed by atoms with E-state index >= 15 is 0 Å². The lowest BCUT2D eigenvalue weighted by atomic mass is 11.0. The second-order valence-electron chi connectivity index (χ2n) is 1.21. The zero-order chi connectivity index (χ0) is 5.28. The molecule has 0 radical (unpaired) electrons. The molecule has 0 aliphatic carbocycles. The first-order valence-electron chi connectivity index (χ1n) is 1.81. The van der Waals surface area contributed by atoms with Gasteiger partial charge in [-0.25, -0.2) is 0 Å². The molecule has 0 fully saturated rings. The van der Waals surface area contributed by atoms with Crippen molar-refractivity contribution in [2.75, 3.05) is 0 Å². The summed E-state index contributed by atoms with van der Waals surface area (Å²) in [6.07, 6.45) is 5.25. The summed E-state index contributed by atoms with van der Waals surface area (Å²) in [5.74, 6) is 0. The van der Waals surface area contributed by atoms with Crippen molar-refractivity contribution in [2.45, 2.75) is 0 Å². The summed E-state index contributed by atoms with van der Waals surface area (Å²) in [5, 5.41) is 0. The highest BCUT2D eigenvalue weighted by molar-refractivity contribution is 7.52. The third-order valence-corrected chi connectivity index (χ3v) is 1.11. The minimum atomic E-state index is 0.801. The molecule has 4 heteroatoms. The van der Waals surface area contributed by atoms with Crippen molar-refractivity contribution in [3.05, 3.63) is 12.4 Å². The van der Waals surface area contributed by atoms with Crippen LogP contribution in [0, 0.1) is 0 Å². The lowest BCUT2D eigenvalue weighted by Gasteiger charge is -2.00. The fourth-order valence-corrected chi connectivity index (χ4v) is 0.774. The van der Waals surface area contributed by atoms with Crippen LogP contribution >= 0.6 is 0 Å². The number of rotatable bonds is 0. The smallest absolute Gasteiger partial charge is 0.302 e. The molecule has 1 aliphatic heterocycles. The summed E-state index contributed by atoms with van der Waals surface area (Å²) in [6, 6.07) is 0. The van der Waals surface area contributed by atoms with Gasteiger partial charge in [0.25, 0.3) is 0 Å². The quantitative estimate of drug-likeness (QED) is 0.311. The summed E-state index contributed by atoms with van der Waals surface area (Å²) >= 11 is 9.43. The molecule has 38 valence electrons. The van der Waals surface area contributed by atoms with Gasteiger partial charge in [-0.1, -0.05) is 0 Å². The van der Waals surface area contributed by atoms with E-state index in [1.54, 1.807) is 18.7 Å². The molecule has 1 N–H and O–H groups in total. The molecule has 2 nitrogen and oxygen atoms in total. The Labute approximate surface area is 53.2 Å². The highest BCUT2D eigenvalue weighted by Gasteiger charge is 1.95. The highest BCUT2D eigenvalue weighted by Crippen LogP contribution is 1.68. The van der Waals surface area contributed by atoms with Gasteiger partial charge >= 0.3 is 6.34 Å². The second kappa shape index (κ2) is 1.81. The van der Waals surface area contributed by atoms with Gasteiger partial charge in [0, 0.05) is 0 Å². The Kier molecular flexibility index (Phi) is 1.32. The van der Waals surface area contributed by atoms with Crippen molar-refractivity contribution in [3.63, 3.8) is 0 Å². The Hall–Kier alpha value is -0.0600. The average Bonchev–Trinajstić information content (AvgIpc) is 1.87. The van der Waals surface area contributed by atoms with E-state index in [9.17, 15) is 0 Å². The van der Waals surface area contributed by atoms with Crippen molar-refractivity contribution in [2.24, 2.45) is 0 Å². The molecule has 0 bridgehead atoms. The lowest BCUT2D eigenvalue weighted by Crippen LogP contribution is -3.00. The lowest BCUT2D eigenvalue weighted by molar-refractivity contribution is -0.575. The summed E-state index contributed by atoms with van der Waals surface area (Å²) in [6.45, 7) is 0. The number of quaternary nitrogens is 1. The van der Waals surface area contributed by atoms with Crippen LogP contribution in [0.4, 0.5) is 0 Å². The van der Waals surface area contributed by atoms with E-state index in [0.717, 1.165) is 4.31 Å². The molecule has 0 saturated heterocycles. The Bertz CT molecular complexity index is 129. The van der Waals surface area contributed by atoms with E-state index in [-0.39, 0.29) is 0 Å². The zero-order valence-electron chi connectivity index (χ0n) is 3.50. The standard InChI is InChI=1S/C3H4N2S2/c6-4-1-2-5(7)3-4/h1-4H. The van der Waals surface area contributed by atoms with Crippen LogP contribution in [0.3, 0.4) is 0 Å². The number of hydrogen-bond donors (Lipinski definition) is 1. The van der Waals surface area contributed by atoms with E-state index in [1.807, 2.05) is 0 Å². The van der Waals surface area contributed by atoms with Gasteiger partial charge in [0.15, 0.2) is 0 Å². The van der Waals surface area contributed by atoms with Crippen molar-refractivity contribution in [1.29, 1.82) is 0 Å². The Morgan fingerprint density at radius 2 is 2.29 bits per heavy atom. The molecule has 0 saturated carbocycles.